The number of carbonyl (C=O) groups is 1. The number of aliphatic imine (C=N–C) groups is 2. The van der Waals surface area contributed by atoms with E-state index in [0.717, 1.165) is 0 Å². The van der Waals surface area contributed by atoms with Crippen LogP contribution in [0, 0.1) is 0 Å². The van der Waals surface area contributed by atoms with E-state index in [2.05, 4.69) is 15.3 Å². The predicted octanol–water partition coefficient (Wildman–Crippen LogP) is 0.789. The lowest BCUT2D eigenvalue weighted by atomic mass is 10.3. The fourth-order valence-corrected chi connectivity index (χ4v) is 1.21. The third-order valence-electron chi connectivity index (χ3n) is 1.96. The van der Waals surface area contributed by atoms with Gasteiger partial charge in [-0.3, -0.25) is 4.90 Å². The molecule has 0 fully saturated rings. The lowest BCUT2D eigenvalue weighted by Crippen LogP contribution is -2.40. The largest absolute Gasteiger partial charge is 0.324 e. The van der Waals surface area contributed by atoms with Crippen LogP contribution in [-0.2, 0) is 9.59 Å². The summed E-state index contributed by atoms with van der Waals surface area (Å²) in [7, 11) is 0. The number of benzene rings is 1. The highest BCUT2D eigenvalue weighted by molar-refractivity contribution is 5.91. The number of rotatable bonds is 5. The summed E-state index contributed by atoms with van der Waals surface area (Å²) < 4.78 is 0. The number of hydrogen-bond acceptors (Lipinski definition) is 5. The molecule has 1 aromatic carbocycles. The molecule has 0 bridgehead atoms. The molecule has 0 atom stereocenters. The van der Waals surface area contributed by atoms with Gasteiger partial charge >= 0.3 is 6.03 Å². The Labute approximate surface area is 103 Å². The normalized spacial score (nSPS) is 8.67. The molecular weight excluding hydrogens is 236 g/mol. The van der Waals surface area contributed by atoms with Gasteiger partial charge in [0.05, 0.1) is 0 Å². The summed E-state index contributed by atoms with van der Waals surface area (Å²) in [6.45, 7) is -0.347. The van der Waals surface area contributed by atoms with E-state index < -0.39 is 6.03 Å². The molecule has 1 rings (SSSR count). The molecule has 1 aromatic rings. The molecule has 0 saturated carbocycles. The Morgan fingerprint density at radius 2 is 1.83 bits per heavy atom. The number of carbonyl (C=O) groups excluding carboxylic acids is 3. The van der Waals surface area contributed by atoms with Gasteiger partial charge in [-0.1, -0.05) is 18.2 Å². The molecule has 7 nitrogen and oxygen atoms in total. The second kappa shape index (κ2) is 7.51. The SMILES string of the molecule is O=C=NCNC(=O)N(CN=C=O)c1ccccc1. The first-order valence-corrected chi connectivity index (χ1v) is 4.97. The molecule has 0 heterocycles. The molecule has 18 heavy (non-hydrogen) atoms. The minimum absolute atomic E-state index is 0.163. The molecule has 1 N–H and O–H groups in total. The maximum absolute atomic E-state index is 11.8. The molecule has 0 aliphatic rings. The molecule has 0 radical (unpaired) electrons. The van der Waals surface area contributed by atoms with E-state index in [4.69, 9.17) is 0 Å². The quantitative estimate of drug-likeness (QED) is 0.615. The van der Waals surface area contributed by atoms with Gasteiger partial charge in [0, 0.05) is 5.69 Å². The van der Waals surface area contributed by atoms with Crippen LogP contribution in [-0.4, -0.2) is 31.5 Å². The standard InChI is InChI=1S/C11H10N4O3/c16-8-12-6-14-11(18)15(7-13-9-17)10-4-2-1-3-5-10/h1-5H,6-7H2,(H,14,18). The molecule has 0 aliphatic carbocycles. The van der Waals surface area contributed by atoms with Crippen molar-refractivity contribution in [2.75, 3.05) is 18.2 Å². The fourth-order valence-electron chi connectivity index (χ4n) is 1.21. The Morgan fingerprint density at radius 1 is 1.17 bits per heavy atom. The molecular formula is C11H10N4O3. The topological polar surface area (TPSA) is 91.2 Å². The van der Waals surface area contributed by atoms with Crippen LogP contribution >= 0.6 is 0 Å². The average molecular weight is 246 g/mol. The van der Waals surface area contributed by atoms with Crippen molar-refractivity contribution in [3.63, 3.8) is 0 Å². The summed E-state index contributed by atoms with van der Waals surface area (Å²) in [6.07, 6.45) is 2.66. The van der Waals surface area contributed by atoms with Gasteiger partial charge in [-0.15, -0.1) is 0 Å². The first-order chi connectivity index (χ1) is 8.79. The highest BCUT2D eigenvalue weighted by Gasteiger charge is 2.13. The number of amides is 2. The van der Waals surface area contributed by atoms with Crippen LogP contribution < -0.4 is 10.2 Å². The zero-order valence-electron chi connectivity index (χ0n) is 9.37. The van der Waals surface area contributed by atoms with Crippen LogP contribution in [0.4, 0.5) is 10.5 Å². The van der Waals surface area contributed by atoms with Gasteiger partial charge in [-0.25, -0.2) is 14.4 Å². The number of nitrogens with one attached hydrogen (secondary N) is 1. The third-order valence-corrected chi connectivity index (χ3v) is 1.96. The van der Waals surface area contributed by atoms with Crippen LogP contribution in [0.2, 0.25) is 0 Å². The van der Waals surface area contributed by atoms with E-state index in [0.29, 0.717) is 5.69 Å². The van der Waals surface area contributed by atoms with Gasteiger partial charge in [0.25, 0.3) is 0 Å². The zero-order chi connectivity index (χ0) is 13.2. The summed E-state index contributed by atoms with van der Waals surface area (Å²) in [5.41, 5.74) is 0.559. The molecule has 0 spiro atoms. The summed E-state index contributed by atoms with van der Waals surface area (Å²) >= 11 is 0. The highest BCUT2D eigenvalue weighted by Crippen LogP contribution is 2.12. The van der Waals surface area contributed by atoms with Gasteiger partial charge in [0.15, 0.2) is 0 Å². The summed E-state index contributed by atoms with van der Waals surface area (Å²) in [5.74, 6) is 0. The second-order valence-corrected chi connectivity index (χ2v) is 3.04. The summed E-state index contributed by atoms with van der Waals surface area (Å²) in [4.78, 5) is 39.5. The summed E-state index contributed by atoms with van der Waals surface area (Å²) in [5, 5.41) is 2.36. The van der Waals surface area contributed by atoms with Crippen molar-refractivity contribution in [3.05, 3.63) is 30.3 Å². The fraction of sp³-hybridized carbons (Fsp3) is 0.182. The second-order valence-electron chi connectivity index (χ2n) is 3.04. The van der Waals surface area contributed by atoms with E-state index >= 15 is 0 Å². The van der Waals surface area contributed by atoms with E-state index in [1.54, 1.807) is 30.3 Å². The van der Waals surface area contributed by atoms with Gasteiger partial charge in [0.2, 0.25) is 12.2 Å². The van der Waals surface area contributed by atoms with Gasteiger partial charge < -0.3 is 5.32 Å². The molecule has 0 aliphatic heterocycles. The van der Waals surface area contributed by atoms with Crippen molar-refractivity contribution in [1.29, 1.82) is 0 Å². The van der Waals surface area contributed by atoms with Crippen molar-refractivity contribution >= 4 is 23.9 Å². The van der Waals surface area contributed by atoms with Crippen molar-refractivity contribution in [1.82, 2.24) is 5.32 Å². The van der Waals surface area contributed by atoms with Crippen molar-refractivity contribution < 1.29 is 14.4 Å². The molecule has 2 amide bonds. The van der Waals surface area contributed by atoms with E-state index in [1.165, 1.54) is 17.1 Å². The highest BCUT2D eigenvalue weighted by atomic mass is 16.2. The Morgan fingerprint density at radius 3 is 2.44 bits per heavy atom. The monoisotopic (exact) mass is 246 g/mol. The first kappa shape index (κ1) is 13.3. The minimum Gasteiger partial charge on any atom is -0.317 e. The smallest absolute Gasteiger partial charge is 0.317 e. The van der Waals surface area contributed by atoms with E-state index in [-0.39, 0.29) is 13.3 Å². The molecule has 92 valence electrons. The maximum Gasteiger partial charge on any atom is 0.324 e. The lowest BCUT2D eigenvalue weighted by molar-refractivity contribution is 0.247. The number of nitrogens with zero attached hydrogens (tertiary/aromatic N) is 3. The van der Waals surface area contributed by atoms with Crippen molar-refractivity contribution in [2.45, 2.75) is 0 Å². The number of anilines is 1. The van der Waals surface area contributed by atoms with Crippen LogP contribution in [0.15, 0.2) is 40.3 Å². The first-order valence-electron chi connectivity index (χ1n) is 4.97. The van der Waals surface area contributed by atoms with E-state index in [1.807, 2.05) is 0 Å². The average Bonchev–Trinajstić information content (AvgIpc) is 2.41. The third kappa shape index (κ3) is 4.02. The molecule has 0 unspecified atom stereocenters. The van der Waals surface area contributed by atoms with E-state index in [9.17, 15) is 14.4 Å². The van der Waals surface area contributed by atoms with Crippen LogP contribution in [0.1, 0.15) is 0 Å². The Bertz CT molecular complexity index is 490. The molecule has 0 aromatic heterocycles. The molecule has 7 heteroatoms. The Balaban J connectivity index is 2.81. The van der Waals surface area contributed by atoms with Crippen LogP contribution in [0.25, 0.3) is 0 Å². The van der Waals surface area contributed by atoms with Gasteiger partial charge in [-0.2, -0.15) is 9.98 Å². The van der Waals surface area contributed by atoms with Crippen molar-refractivity contribution in [2.24, 2.45) is 9.98 Å². The zero-order valence-corrected chi connectivity index (χ0v) is 9.37. The van der Waals surface area contributed by atoms with Gasteiger partial charge in [0.1, 0.15) is 13.3 Å². The Hall–Kier alpha value is -2.75. The molecule has 0 saturated heterocycles. The lowest BCUT2D eigenvalue weighted by Gasteiger charge is -2.19. The number of isocyanates is 2. The van der Waals surface area contributed by atoms with Crippen LogP contribution in [0.3, 0.4) is 0 Å². The predicted molar refractivity (Wildman–Crippen MR) is 63.4 cm³/mol. The minimum atomic E-state index is -0.529. The number of para-hydroxylation sites is 1. The Kier molecular flexibility index (Phi) is 5.56. The van der Waals surface area contributed by atoms with Gasteiger partial charge in [-0.05, 0) is 12.1 Å². The van der Waals surface area contributed by atoms with Crippen LogP contribution in [0.5, 0.6) is 0 Å². The number of urea groups is 1. The maximum atomic E-state index is 11.8. The number of hydrogen-bond donors (Lipinski definition) is 1. The van der Waals surface area contributed by atoms with Crippen molar-refractivity contribution in [3.8, 4) is 0 Å². The summed E-state index contributed by atoms with van der Waals surface area (Å²) in [6, 6.07) is 8.11.